The fraction of sp³-hybridized carbons (Fsp3) is 0.667. The normalized spacial score (nSPS) is 4.75. The van der Waals surface area contributed by atoms with Crippen LogP contribution >= 0.6 is 0 Å². The van der Waals surface area contributed by atoms with Gasteiger partial charge in [0, 0.05) is 7.11 Å². The smallest absolute Gasteiger partial charge is 0.126 e. The molecule has 0 bridgehead atoms. The summed E-state index contributed by atoms with van der Waals surface area (Å²) in [4.78, 5) is 9.44. The van der Waals surface area contributed by atoms with E-state index in [1.807, 2.05) is 0 Å². The summed E-state index contributed by atoms with van der Waals surface area (Å²) in [5.74, 6) is 0.167. The van der Waals surface area contributed by atoms with Gasteiger partial charge in [0.15, 0.2) is 0 Å². The molecule has 0 amide bonds. The number of ketones is 1. The summed E-state index contributed by atoms with van der Waals surface area (Å²) in [6, 6.07) is 0. The minimum absolute atomic E-state index is 0.167. The molecule has 0 spiro atoms. The average Bonchev–Trinajstić information content (AvgIpc) is 1.75. The van der Waals surface area contributed by atoms with Crippen molar-refractivity contribution in [1.29, 1.82) is 0 Å². The summed E-state index contributed by atoms with van der Waals surface area (Å²) < 4.78 is 0. The number of rotatable bonds is 0. The van der Waals surface area contributed by atoms with Crippen molar-refractivity contribution in [2.24, 2.45) is 0 Å². The first-order chi connectivity index (χ1) is 3.73. The second kappa shape index (κ2) is 30.4. The lowest BCUT2D eigenvalue weighted by atomic mass is 10.6. The van der Waals surface area contributed by atoms with Gasteiger partial charge in [-0.25, -0.2) is 0 Å². The molecule has 0 aliphatic heterocycles. The minimum atomic E-state index is 0.167. The molecule has 2 nitrogen and oxygen atoms in total. The largest absolute Gasteiger partial charge is 0.400 e. The molecular formula is C6H15O2. The molecule has 0 saturated heterocycles. The molecule has 1 N–H and O–H groups in total. The van der Waals surface area contributed by atoms with E-state index >= 15 is 0 Å². The molecule has 0 aromatic rings. The van der Waals surface area contributed by atoms with Gasteiger partial charge in [0.1, 0.15) is 5.78 Å². The van der Waals surface area contributed by atoms with E-state index in [4.69, 9.17) is 5.11 Å². The fourth-order valence-corrected chi connectivity index (χ4v) is 0. The Labute approximate surface area is 51.5 Å². The minimum Gasteiger partial charge on any atom is -0.400 e. The second-order valence-electron chi connectivity index (χ2n) is 0.908. The van der Waals surface area contributed by atoms with Crippen molar-refractivity contribution < 1.29 is 9.90 Å². The molecule has 8 heavy (non-hydrogen) atoms. The highest BCUT2D eigenvalue weighted by Gasteiger charge is 1.62. The van der Waals surface area contributed by atoms with Gasteiger partial charge in [0.25, 0.3) is 0 Å². The van der Waals surface area contributed by atoms with Crippen LogP contribution < -0.4 is 0 Å². The van der Waals surface area contributed by atoms with Gasteiger partial charge in [-0.3, -0.25) is 0 Å². The van der Waals surface area contributed by atoms with Crippen LogP contribution in [0.15, 0.2) is 0 Å². The maximum Gasteiger partial charge on any atom is 0.126 e. The van der Waals surface area contributed by atoms with Gasteiger partial charge < -0.3 is 9.90 Å². The number of hydrogen-bond donors (Lipinski definition) is 1. The topological polar surface area (TPSA) is 37.3 Å². The molecule has 0 rings (SSSR count). The van der Waals surface area contributed by atoms with E-state index in [9.17, 15) is 4.79 Å². The Balaban J connectivity index is -0.0000000542. The van der Waals surface area contributed by atoms with Crippen LogP contribution in [0.5, 0.6) is 0 Å². The van der Waals surface area contributed by atoms with E-state index in [2.05, 4.69) is 6.92 Å². The summed E-state index contributed by atoms with van der Waals surface area (Å²) in [6.07, 6.45) is 0. The van der Waals surface area contributed by atoms with Crippen molar-refractivity contribution in [3.05, 3.63) is 6.92 Å². The lowest BCUT2D eigenvalue weighted by molar-refractivity contribution is -0.114. The molecule has 0 aromatic carbocycles. The Bertz CT molecular complexity index is 29.5. The lowest BCUT2D eigenvalue weighted by Gasteiger charge is -1.56. The van der Waals surface area contributed by atoms with Crippen molar-refractivity contribution in [1.82, 2.24) is 0 Å². The molecule has 1 radical (unpaired) electrons. The predicted molar refractivity (Wildman–Crippen MR) is 35.5 cm³/mol. The van der Waals surface area contributed by atoms with Crippen LogP contribution in [0.3, 0.4) is 0 Å². The standard InChI is InChI=1S/C3H6O.C2H5.CH4O/c1-3(2)4;2*1-2/h1-2H3;1H2,2H3;2H,1H3. The van der Waals surface area contributed by atoms with Gasteiger partial charge in [-0.05, 0) is 13.8 Å². The van der Waals surface area contributed by atoms with E-state index in [1.54, 1.807) is 6.92 Å². The first-order valence-electron chi connectivity index (χ1n) is 2.36. The monoisotopic (exact) mass is 119 g/mol. The number of carbonyl (C=O) groups excluding carboxylic acids is 1. The molecule has 0 aromatic heterocycles. The van der Waals surface area contributed by atoms with Gasteiger partial charge >= 0.3 is 0 Å². The highest BCUT2D eigenvalue weighted by molar-refractivity contribution is 5.72. The van der Waals surface area contributed by atoms with Gasteiger partial charge in [0.2, 0.25) is 0 Å². The predicted octanol–water partition coefficient (Wildman–Crippen LogP) is 1.04. The first kappa shape index (κ1) is 15.6. The summed E-state index contributed by atoms with van der Waals surface area (Å²) in [5.41, 5.74) is 0. The fourth-order valence-electron chi connectivity index (χ4n) is 0. The summed E-state index contributed by atoms with van der Waals surface area (Å²) in [7, 11) is 1.00. The Hall–Kier alpha value is -0.370. The van der Waals surface area contributed by atoms with Crippen LogP contribution in [-0.4, -0.2) is 18.0 Å². The van der Waals surface area contributed by atoms with Crippen molar-refractivity contribution in [3.8, 4) is 0 Å². The molecule has 0 atom stereocenters. The molecule has 0 aliphatic rings. The number of aliphatic hydroxyl groups excluding tert-OH is 1. The van der Waals surface area contributed by atoms with Gasteiger partial charge in [-0.2, -0.15) is 0 Å². The zero-order valence-electron chi connectivity index (χ0n) is 6.06. The van der Waals surface area contributed by atoms with Gasteiger partial charge in [0.05, 0.1) is 0 Å². The third-order valence-electron chi connectivity index (χ3n) is 0. The molecular weight excluding hydrogens is 104 g/mol. The van der Waals surface area contributed by atoms with Crippen LogP contribution in [0, 0.1) is 6.92 Å². The molecule has 0 fully saturated rings. The van der Waals surface area contributed by atoms with Crippen molar-refractivity contribution in [2.45, 2.75) is 20.8 Å². The van der Waals surface area contributed by atoms with E-state index in [-0.39, 0.29) is 5.78 Å². The number of hydrogen-bond acceptors (Lipinski definition) is 2. The van der Waals surface area contributed by atoms with Crippen molar-refractivity contribution in [2.75, 3.05) is 7.11 Å². The van der Waals surface area contributed by atoms with Crippen LogP contribution in [-0.2, 0) is 4.79 Å². The Morgan fingerprint density at radius 2 is 1.25 bits per heavy atom. The SMILES string of the molecule is CC(C)=O.CO.[CH2]C. The van der Waals surface area contributed by atoms with Crippen molar-refractivity contribution >= 4 is 5.78 Å². The van der Waals surface area contributed by atoms with Crippen LogP contribution in [0.2, 0.25) is 0 Å². The van der Waals surface area contributed by atoms with Crippen LogP contribution in [0.25, 0.3) is 0 Å². The summed E-state index contributed by atoms with van der Waals surface area (Å²) >= 11 is 0. The summed E-state index contributed by atoms with van der Waals surface area (Å²) in [5, 5.41) is 7.00. The maximum atomic E-state index is 9.44. The van der Waals surface area contributed by atoms with E-state index < -0.39 is 0 Å². The molecule has 0 aliphatic carbocycles. The number of aliphatic hydroxyl groups is 1. The second-order valence-corrected chi connectivity index (χ2v) is 0.908. The Morgan fingerprint density at radius 1 is 1.25 bits per heavy atom. The molecule has 0 unspecified atom stereocenters. The first-order valence-corrected chi connectivity index (χ1v) is 2.36. The van der Waals surface area contributed by atoms with Gasteiger partial charge in [-0.15, -0.1) is 0 Å². The lowest BCUT2D eigenvalue weighted by Crippen LogP contribution is -1.69. The average molecular weight is 119 g/mol. The highest BCUT2D eigenvalue weighted by atomic mass is 16.2. The molecule has 51 valence electrons. The maximum absolute atomic E-state index is 9.44. The zero-order valence-corrected chi connectivity index (χ0v) is 6.06. The number of carbonyl (C=O) groups is 1. The quantitative estimate of drug-likeness (QED) is 0.517. The van der Waals surface area contributed by atoms with Crippen molar-refractivity contribution in [3.63, 3.8) is 0 Å². The van der Waals surface area contributed by atoms with E-state index in [1.165, 1.54) is 13.8 Å². The number of Topliss-reactive ketones (excluding diaryl/α,β-unsaturated/α-hetero) is 1. The summed E-state index contributed by atoms with van der Waals surface area (Å²) in [6.45, 7) is 8.06. The van der Waals surface area contributed by atoms with Crippen LogP contribution in [0.4, 0.5) is 0 Å². The Kier molecular flexibility index (Phi) is 59.4. The molecule has 0 saturated carbocycles. The van der Waals surface area contributed by atoms with E-state index in [0.29, 0.717) is 0 Å². The third kappa shape index (κ3) is 882. The molecule has 2 heteroatoms. The molecule has 0 heterocycles. The zero-order chi connectivity index (χ0) is 7.58. The third-order valence-corrected chi connectivity index (χ3v) is 0. The van der Waals surface area contributed by atoms with Gasteiger partial charge in [-0.1, -0.05) is 13.8 Å². The Morgan fingerprint density at radius 3 is 1.25 bits per heavy atom. The van der Waals surface area contributed by atoms with E-state index in [0.717, 1.165) is 7.11 Å². The van der Waals surface area contributed by atoms with Crippen LogP contribution in [0.1, 0.15) is 20.8 Å². The highest BCUT2D eigenvalue weighted by Crippen LogP contribution is 1.50.